The van der Waals surface area contributed by atoms with Crippen molar-refractivity contribution in [3.63, 3.8) is 0 Å². The Kier molecular flexibility index (Phi) is 6.70. The molecule has 0 aliphatic rings. The summed E-state index contributed by atoms with van der Waals surface area (Å²) in [6.45, 7) is 0.904. The molecule has 0 heterocycles. The molecule has 0 aliphatic heterocycles. The van der Waals surface area contributed by atoms with Gasteiger partial charge in [0.05, 0.1) is 12.2 Å². The Morgan fingerprint density at radius 1 is 1.23 bits per heavy atom. The van der Waals surface area contributed by atoms with Crippen LogP contribution in [0.4, 0.5) is 26.3 Å². The lowest BCUT2D eigenvalue weighted by molar-refractivity contribution is -0.174. The molecule has 1 aromatic carbocycles. The van der Waals surface area contributed by atoms with E-state index in [0.717, 1.165) is 0 Å². The highest BCUT2D eigenvalue weighted by atomic mass is 35.5. The number of hydrogen-bond acceptors (Lipinski definition) is 3. The third kappa shape index (κ3) is 4.51. The fourth-order valence-corrected chi connectivity index (χ4v) is 1.52. The SMILES string of the molecule is CCOC(=O)C(F)(F)[C@H](N)c1cc(F)cc(C(F)(F)F)c1.Cl. The van der Waals surface area contributed by atoms with Crippen molar-refractivity contribution >= 4 is 18.4 Å². The van der Waals surface area contributed by atoms with Gasteiger partial charge < -0.3 is 10.5 Å². The zero-order chi connectivity index (χ0) is 16.4. The van der Waals surface area contributed by atoms with Gasteiger partial charge in [-0.25, -0.2) is 9.18 Å². The Morgan fingerprint density at radius 2 is 1.77 bits per heavy atom. The molecule has 0 amide bonds. The predicted octanol–water partition coefficient (Wildman–Crippen LogP) is 3.46. The van der Waals surface area contributed by atoms with E-state index in [9.17, 15) is 31.1 Å². The molecule has 22 heavy (non-hydrogen) atoms. The molecule has 0 aromatic heterocycles. The lowest BCUT2D eigenvalue weighted by Gasteiger charge is -2.22. The third-order valence-electron chi connectivity index (χ3n) is 2.54. The van der Waals surface area contributed by atoms with Crippen molar-refractivity contribution < 1.29 is 35.9 Å². The molecular weight excluding hydrogens is 340 g/mol. The predicted molar refractivity (Wildman–Crippen MR) is 67.2 cm³/mol. The Bertz CT molecular complexity index is 535. The number of halogens is 7. The Morgan fingerprint density at radius 3 is 2.23 bits per heavy atom. The zero-order valence-electron chi connectivity index (χ0n) is 11.1. The largest absolute Gasteiger partial charge is 0.462 e. The van der Waals surface area contributed by atoms with Crippen molar-refractivity contribution in [2.24, 2.45) is 5.73 Å². The molecule has 0 unspecified atom stereocenters. The smallest absolute Gasteiger partial charge is 0.416 e. The maximum absolute atomic E-state index is 13.6. The van der Waals surface area contributed by atoms with Gasteiger partial charge in [-0.1, -0.05) is 0 Å². The standard InChI is InChI=1S/C12H11F6NO2.ClH/c1-2-21-10(20)11(14,15)9(19)6-3-7(12(16,17)18)5-8(13)4-6;/h3-5,9H,2,19H2,1H3;1H/t9-;/m1./s1. The van der Waals surface area contributed by atoms with Gasteiger partial charge in [-0.3, -0.25) is 0 Å². The van der Waals surface area contributed by atoms with Crippen LogP contribution in [0.15, 0.2) is 18.2 Å². The molecule has 0 fully saturated rings. The molecule has 0 bridgehead atoms. The summed E-state index contributed by atoms with van der Waals surface area (Å²) in [5, 5.41) is 0. The van der Waals surface area contributed by atoms with Gasteiger partial charge in [-0.05, 0) is 30.7 Å². The van der Waals surface area contributed by atoms with Gasteiger partial charge in [-0.15, -0.1) is 12.4 Å². The fraction of sp³-hybridized carbons (Fsp3) is 0.417. The summed E-state index contributed by atoms with van der Waals surface area (Å²) in [4.78, 5) is 11.1. The molecule has 1 aromatic rings. The molecular formula is C12H12ClF6NO2. The monoisotopic (exact) mass is 351 g/mol. The van der Waals surface area contributed by atoms with E-state index >= 15 is 0 Å². The Balaban J connectivity index is 0.00000441. The van der Waals surface area contributed by atoms with Crippen molar-refractivity contribution in [1.82, 2.24) is 0 Å². The van der Waals surface area contributed by atoms with E-state index in [-0.39, 0.29) is 31.1 Å². The maximum atomic E-state index is 13.6. The Labute approximate surface area is 127 Å². The molecule has 0 saturated heterocycles. The number of carbonyl (C=O) groups excluding carboxylic acids is 1. The summed E-state index contributed by atoms with van der Waals surface area (Å²) in [6, 6.07) is -1.65. The van der Waals surface area contributed by atoms with E-state index in [0.29, 0.717) is 6.07 Å². The van der Waals surface area contributed by atoms with Crippen molar-refractivity contribution in [3.05, 3.63) is 35.1 Å². The topological polar surface area (TPSA) is 52.3 Å². The van der Waals surface area contributed by atoms with E-state index < -0.39 is 41.1 Å². The van der Waals surface area contributed by atoms with Gasteiger partial charge in [0.15, 0.2) is 0 Å². The first-order valence-electron chi connectivity index (χ1n) is 5.68. The van der Waals surface area contributed by atoms with Gasteiger partial charge in [0.25, 0.3) is 0 Å². The number of carbonyl (C=O) groups is 1. The molecule has 10 heteroatoms. The van der Waals surface area contributed by atoms with E-state index in [1.165, 1.54) is 6.92 Å². The van der Waals surface area contributed by atoms with Crippen LogP contribution in [0.3, 0.4) is 0 Å². The first-order chi connectivity index (χ1) is 9.50. The number of benzene rings is 1. The lowest BCUT2D eigenvalue weighted by Crippen LogP contribution is -2.41. The van der Waals surface area contributed by atoms with E-state index in [1.807, 2.05) is 0 Å². The first-order valence-corrected chi connectivity index (χ1v) is 5.68. The van der Waals surface area contributed by atoms with Gasteiger partial charge >= 0.3 is 18.1 Å². The van der Waals surface area contributed by atoms with Crippen LogP contribution < -0.4 is 5.73 Å². The summed E-state index contributed by atoms with van der Waals surface area (Å²) in [7, 11) is 0. The highest BCUT2D eigenvalue weighted by Gasteiger charge is 2.48. The molecule has 0 aliphatic carbocycles. The zero-order valence-corrected chi connectivity index (χ0v) is 11.9. The van der Waals surface area contributed by atoms with Crippen LogP contribution in [0.25, 0.3) is 0 Å². The van der Waals surface area contributed by atoms with Crippen LogP contribution in [0.5, 0.6) is 0 Å². The summed E-state index contributed by atoms with van der Waals surface area (Å²) in [5.41, 5.74) is 2.76. The highest BCUT2D eigenvalue weighted by Crippen LogP contribution is 2.35. The molecule has 1 rings (SSSR count). The average Bonchev–Trinajstić information content (AvgIpc) is 2.36. The van der Waals surface area contributed by atoms with Crippen molar-refractivity contribution in [3.8, 4) is 0 Å². The van der Waals surface area contributed by atoms with Crippen molar-refractivity contribution in [1.29, 1.82) is 0 Å². The summed E-state index contributed by atoms with van der Waals surface area (Å²) < 4.78 is 82.0. The van der Waals surface area contributed by atoms with Crippen molar-refractivity contribution in [2.45, 2.75) is 25.1 Å². The second kappa shape index (κ2) is 7.19. The Hall–Kier alpha value is -1.48. The van der Waals surface area contributed by atoms with Gasteiger partial charge in [0.1, 0.15) is 11.9 Å². The number of alkyl halides is 5. The van der Waals surface area contributed by atoms with Gasteiger partial charge in [0.2, 0.25) is 0 Å². The van der Waals surface area contributed by atoms with Crippen molar-refractivity contribution in [2.75, 3.05) is 6.61 Å². The molecule has 2 N–H and O–H groups in total. The van der Waals surface area contributed by atoms with Crippen LogP contribution in [-0.2, 0) is 15.7 Å². The number of rotatable bonds is 4. The molecule has 126 valence electrons. The van der Waals surface area contributed by atoms with Crippen LogP contribution in [0.2, 0.25) is 0 Å². The van der Waals surface area contributed by atoms with E-state index in [1.54, 1.807) is 0 Å². The maximum Gasteiger partial charge on any atom is 0.416 e. The van der Waals surface area contributed by atoms with E-state index in [2.05, 4.69) is 4.74 Å². The highest BCUT2D eigenvalue weighted by molar-refractivity contribution is 5.85. The number of ether oxygens (including phenoxy) is 1. The molecule has 0 saturated carbocycles. The minimum Gasteiger partial charge on any atom is -0.462 e. The summed E-state index contributed by atoms with van der Waals surface area (Å²) >= 11 is 0. The third-order valence-corrected chi connectivity index (χ3v) is 2.54. The minimum absolute atomic E-state index is 0. The lowest BCUT2D eigenvalue weighted by atomic mass is 9.99. The summed E-state index contributed by atoms with van der Waals surface area (Å²) in [5.74, 6) is -7.67. The average molecular weight is 352 g/mol. The van der Waals surface area contributed by atoms with Gasteiger partial charge in [0, 0.05) is 0 Å². The molecule has 0 spiro atoms. The van der Waals surface area contributed by atoms with Crippen LogP contribution in [0, 0.1) is 5.82 Å². The van der Waals surface area contributed by atoms with Crippen LogP contribution in [-0.4, -0.2) is 18.5 Å². The van der Waals surface area contributed by atoms with Crippen LogP contribution in [0.1, 0.15) is 24.1 Å². The second-order valence-corrected chi connectivity index (χ2v) is 4.09. The minimum atomic E-state index is -4.93. The summed E-state index contributed by atoms with van der Waals surface area (Å²) in [6.07, 6.45) is -4.93. The molecule has 0 radical (unpaired) electrons. The second-order valence-electron chi connectivity index (χ2n) is 4.09. The van der Waals surface area contributed by atoms with Gasteiger partial charge in [-0.2, -0.15) is 22.0 Å². The first kappa shape index (κ1) is 20.5. The van der Waals surface area contributed by atoms with E-state index in [4.69, 9.17) is 5.73 Å². The number of hydrogen-bond donors (Lipinski definition) is 1. The number of esters is 1. The normalized spacial score (nSPS) is 13.3. The quantitative estimate of drug-likeness (QED) is 0.667. The van der Waals surface area contributed by atoms with Crippen LogP contribution >= 0.6 is 12.4 Å². The molecule has 1 atom stereocenters. The fourth-order valence-electron chi connectivity index (χ4n) is 1.52. The number of nitrogens with two attached hydrogens (primary N) is 1. The molecule has 3 nitrogen and oxygen atoms in total.